The molecule has 0 N–H and O–H groups in total. The van der Waals surface area contributed by atoms with Gasteiger partial charge >= 0.3 is 11.9 Å². The van der Waals surface area contributed by atoms with Gasteiger partial charge in [-0.2, -0.15) is 0 Å². The minimum absolute atomic E-state index is 0.180. The van der Waals surface area contributed by atoms with Crippen LogP contribution in [0.25, 0.3) is 22.1 Å². The summed E-state index contributed by atoms with van der Waals surface area (Å²) < 4.78 is 26.3. The summed E-state index contributed by atoms with van der Waals surface area (Å²) in [6.45, 7) is 2.23. The van der Waals surface area contributed by atoms with Crippen LogP contribution in [0.1, 0.15) is 18.1 Å². The van der Waals surface area contributed by atoms with E-state index in [4.69, 9.17) is 23.4 Å². The average Bonchev–Trinajstić information content (AvgIpc) is 2.95. The molecule has 0 unspecified atom stereocenters. The Kier molecular flexibility index (Phi) is 8.52. The summed E-state index contributed by atoms with van der Waals surface area (Å²) in [6, 6.07) is 28.7. The van der Waals surface area contributed by atoms with Crippen LogP contribution in [0.15, 0.2) is 113 Å². The van der Waals surface area contributed by atoms with Gasteiger partial charge in [0.2, 0.25) is 0 Å². The second-order valence-corrected chi connectivity index (χ2v) is 9.10. The van der Waals surface area contributed by atoms with E-state index < -0.39 is 11.9 Å². The summed E-state index contributed by atoms with van der Waals surface area (Å²) >= 11 is 0. The maximum atomic E-state index is 12.9. The van der Waals surface area contributed by atoms with Crippen LogP contribution < -0.4 is 19.6 Å². The Morgan fingerprint density at radius 1 is 0.829 bits per heavy atom. The van der Waals surface area contributed by atoms with Crippen molar-refractivity contribution < 1.29 is 33.0 Å². The van der Waals surface area contributed by atoms with Crippen molar-refractivity contribution in [1.29, 1.82) is 0 Å². The topological polar surface area (TPSA) is 101 Å². The van der Waals surface area contributed by atoms with Crippen molar-refractivity contribution in [1.82, 2.24) is 0 Å². The first-order valence-electron chi connectivity index (χ1n) is 12.8. The zero-order valence-corrected chi connectivity index (χ0v) is 22.2. The normalized spacial score (nSPS) is 11.2. The summed E-state index contributed by atoms with van der Waals surface area (Å²) in [5.41, 5.74) is 3.33. The van der Waals surface area contributed by atoms with Gasteiger partial charge in [0, 0.05) is 18.6 Å². The minimum Gasteiger partial charge on any atom is -0.488 e. The molecule has 0 saturated heterocycles. The maximum Gasteiger partial charge on any atom is 0.337 e. The molecule has 0 saturated carbocycles. The fourth-order valence-electron chi connectivity index (χ4n) is 4.07. The fraction of sp³-hybridized carbons (Fsp3) is 0.121. The second-order valence-electron chi connectivity index (χ2n) is 9.10. The quantitative estimate of drug-likeness (QED) is 0.177. The van der Waals surface area contributed by atoms with Crippen molar-refractivity contribution in [3.05, 3.63) is 125 Å². The van der Waals surface area contributed by atoms with E-state index in [2.05, 4.69) is 6.07 Å². The molecule has 1 aromatic heterocycles. The monoisotopic (exact) mass is 550 g/mol. The van der Waals surface area contributed by atoms with Crippen LogP contribution in [-0.2, 0) is 27.5 Å². The van der Waals surface area contributed by atoms with Gasteiger partial charge in [-0.05, 0) is 41.5 Å². The third-order valence-electron chi connectivity index (χ3n) is 6.09. The van der Waals surface area contributed by atoms with E-state index in [-0.39, 0.29) is 12.0 Å². The molecule has 8 nitrogen and oxygen atoms in total. The molecule has 8 heteroatoms. The van der Waals surface area contributed by atoms with Crippen molar-refractivity contribution >= 4 is 22.9 Å². The number of carbonyl (C=O) groups is 2. The van der Waals surface area contributed by atoms with Crippen LogP contribution in [0.5, 0.6) is 17.2 Å². The third-order valence-corrected chi connectivity index (χ3v) is 6.09. The molecular formula is C33H26O8. The van der Waals surface area contributed by atoms with E-state index in [0.29, 0.717) is 40.2 Å². The molecule has 1 aliphatic rings. The minimum atomic E-state index is -0.521. The average molecular weight is 551 g/mol. The number of rotatable bonds is 7. The molecule has 0 aliphatic carbocycles. The highest BCUT2D eigenvalue weighted by molar-refractivity contribution is 5.83. The molecule has 2 heterocycles. The number of carbonyl (C=O) groups excluding carboxylic acids is 2. The maximum absolute atomic E-state index is 12.9. The molecule has 0 fully saturated rings. The number of hydrogen-bond acceptors (Lipinski definition) is 8. The largest absolute Gasteiger partial charge is 0.488 e. The lowest BCUT2D eigenvalue weighted by Crippen LogP contribution is -2.15. The number of hydrogen-bond donors (Lipinski definition) is 0. The zero-order valence-electron chi connectivity index (χ0n) is 22.2. The van der Waals surface area contributed by atoms with Crippen molar-refractivity contribution in [2.45, 2.75) is 20.1 Å². The van der Waals surface area contributed by atoms with Crippen LogP contribution in [0, 0.1) is 0 Å². The Balaban J connectivity index is 0.000000358. The predicted octanol–water partition coefficient (Wildman–Crippen LogP) is 6.09. The van der Waals surface area contributed by atoms with E-state index in [1.807, 2.05) is 48.5 Å². The fourth-order valence-corrected chi connectivity index (χ4v) is 4.07. The Hall–Kier alpha value is -5.21. The highest BCUT2D eigenvalue weighted by Crippen LogP contribution is 2.27. The van der Waals surface area contributed by atoms with E-state index >= 15 is 0 Å². The van der Waals surface area contributed by atoms with Crippen LogP contribution >= 0.6 is 0 Å². The number of benzene rings is 4. The van der Waals surface area contributed by atoms with E-state index in [1.54, 1.807) is 30.3 Å². The molecule has 206 valence electrons. The van der Waals surface area contributed by atoms with Crippen molar-refractivity contribution in [2.75, 3.05) is 6.61 Å². The first kappa shape index (κ1) is 27.4. The Morgan fingerprint density at radius 3 is 2.22 bits per heavy atom. The number of ether oxygens (including phenoxy) is 4. The molecule has 5 aromatic rings. The smallest absolute Gasteiger partial charge is 0.337 e. The van der Waals surface area contributed by atoms with Gasteiger partial charge in [-0.3, -0.25) is 9.59 Å². The van der Waals surface area contributed by atoms with Gasteiger partial charge in [0.15, 0.2) is 5.43 Å². The molecule has 0 spiro atoms. The molecule has 4 aromatic carbocycles. The van der Waals surface area contributed by atoms with Crippen molar-refractivity contribution in [3.8, 4) is 28.4 Å². The van der Waals surface area contributed by atoms with Gasteiger partial charge in [0.1, 0.15) is 42.3 Å². The van der Waals surface area contributed by atoms with Crippen LogP contribution in [0.4, 0.5) is 0 Å². The molecule has 0 bridgehead atoms. The van der Waals surface area contributed by atoms with Crippen LogP contribution in [0.3, 0.4) is 0 Å². The van der Waals surface area contributed by atoms with E-state index in [1.165, 1.54) is 30.9 Å². The van der Waals surface area contributed by atoms with Gasteiger partial charge in [-0.15, -0.1) is 0 Å². The van der Waals surface area contributed by atoms with Crippen LogP contribution in [0.2, 0.25) is 0 Å². The highest BCUT2D eigenvalue weighted by Gasteiger charge is 2.13. The number of para-hydroxylation sites is 1. The summed E-state index contributed by atoms with van der Waals surface area (Å²) in [5.74, 6) is 0.699. The first-order chi connectivity index (χ1) is 20.0. The van der Waals surface area contributed by atoms with E-state index in [9.17, 15) is 14.4 Å². The molecule has 0 atom stereocenters. The number of esters is 2. The lowest BCUT2D eigenvalue weighted by atomic mass is 10.1. The summed E-state index contributed by atoms with van der Waals surface area (Å²) in [6.07, 6.45) is 1.35. The summed E-state index contributed by atoms with van der Waals surface area (Å²) in [7, 11) is 0. The zero-order chi connectivity index (χ0) is 28.6. The lowest BCUT2D eigenvalue weighted by Gasteiger charge is -2.18. The SMILES string of the molecule is CC(=O)Oc1ccc2c(=O)c(-c3ccc(OC(=O)COCc4ccccc4)cc3)coc2c1.c1ccc2c(c1)CO2. The Labute approximate surface area is 235 Å². The van der Waals surface area contributed by atoms with Gasteiger partial charge in [-0.1, -0.05) is 60.7 Å². The predicted molar refractivity (Wildman–Crippen MR) is 152 cm³/mol. The summed E-state index contributed by atoms with van der Waals surface area (Å²) in [4.78, 5) is 36.0. The standard InChI is InChI=1S/C26H20O7.C7H6O/c1-17(27)32-21-11-12-22-24(13-21)31-15-23(26(22)29)19-7-9-20(10-8-19)33-25(28)16-30-14-18-5-3-2-4-6-18;1-2-4-7-6(3-1)5-8-7/h2-13,15H,14,16H2,1H3;1-4H,5H2. The summed E-state index contributed by atoms with van der Waals surface area (Å²) in [5, 5.41) is 0.356. The van der Waals surface area contributed by atoms with Crippen LogP contribution in [-0.4, -0.2) is 18.5 Å². The Morgan fingerprint density at radius 2 is 1.56 bits per heavy atom. The first-order valence-corrected chi connectivity index (χ1v) is 12.8. The highest BCUT2D eigenvalue weighted by atomic mass is 16.6. The van der Waals surface area contributed by atoms with Crippen molar-refractivity contribution in [3.63, 3.8) is 0 Å². The molecule has 0 radical (unpaired) electrons. The number of fused-ring (bicyclic) bond motifs is 2. The second kappa shape index (κ2) is 12.8. The van der Waals surface area contributed by atoms with Gasteiger partial charge in [0.25, 0.3) is 0 Å². The molecule has 1 aliphatic heterocycles. The van der Waals surface area contributed by atoms with Gasteiger partial charge in [-0.25, -0.2) is 4.79 Å². The molecule has 41 heavy (non-hydrogen) atoms. The molecule has 6 rings (SSSR count). The molecule has 0 amide bonds. The molecular weight excluding hydrogens is 524 g/mol. The lowest BCUT2D eigenvalue weighted by molar-refractivity contribution is -0.140. The van der Waals surface area contributed by atoms with Gasteiger partial charge < -0.3 is 23.4 Å². The Bertz CT molecular complexity index is 1700. The third kappa shape index (κ3) is 7.06. The van der Waals surface area contributed by atoms with Gasteiger partial charge in [0.05, 0.1) is 17.6 Å². The van der Waals surface area contributed by atoms with E-state index in [0.717, 1.165) is 17.9 Å². The van der Waals surface area contributed by atoms with Crippen molar-refractivity contribution in [2.24, 2.45) is 0 Å².